The normalized spacial score (nSPS) is 12.5. The van der Waals surface area contributed by atoms with Crippen molar-refractivity contribution in [2.75, 3.05) is 13.2 Å². The van der Waals surface area contributed by atoms with Gasteiger partial charge in [0.2, 0.25) is 5.91 Å². The number of unbranched alkanes of at least 4 members (excludes halogenated alkanes) is 53. The molecule has 0 radical (unpaired) electrons. The fourth-order valence-electron chi connectivity index (χ4n) is 11.2. The molecule has 0 aliphatic rings. The lowest BCUT2D eigenvalue weighted by molar-refractivity contribution is -0.143. The van der Waals surface area contributed by atoms with Crippen molar-refractivity contribution in [1.29, 1.82) is 0 Å². The van der Waals surface area contributed by atoms with Crippen molar-refractivity contribution in [3.63, 3.8) is 0 Å². The number of carbonyl (C=O) groups is 2. The van der Waals surface area contributed by atoms with Crippen molar-refractivity contribution < 1.29 is 24.5 Å². The molecule has 2 atom stereocenters. The molecular weight excluding hydrogens is 935 g/mol. The molecule has 0 rings (SSSR count). The van der Waals surface area contributed by atoms with E-state index in [1.165, 1.54) is 321 Å². The molecule has 3 N–H and O–H groups in total. The van der Waals surface area contributed by atoms with Crippen LogP contribution in [0.25, 0.3) is 0 Å². The number of amides is 1. The molecule has 6 heteroatoms. The second-order valence-electron chi connectivity index (χ2n) is 24.2. The summed E-state index contributed by atoms with van der Waals surface area (Å²) in [6, 6.07) is -0.535. The highest BCUT2D eigenvalue weighted by Gasteiger charge is 2.20. The summed E-state index contributed by atoms with van der Waals surface area (Å²) in [4.78, 5) is 24.5. The monoisotopic (exact) mass is 1070 g/mol. The highest BCUT2D eigenvalue weighted by Crippen LogP contribution is 2.19. The summed E-state index contributed by atoms with van der Waals surface area (Å²) in [7, 11) is 0. The van der Waals surface area contributed by atoms with E-state index >= 15 is 0 Å². The molecule has 0 fully saturated rings. The lowest BCUT2D eigenvalue weighted by Gasteiger charge is -2.22. The van der Waals surface area contributed by atoms with Crippen LogP contribution in [-0.2, 0) is 14.3 Å². The molecule has 0 heterocycles. The van der Waals surface area contributed by atoms with Crippen LogP contribution in [0.2, 0.25) is 0 Å². The average molecular weight is 1070 g/mol. The van der Waals surface area contributed by atoms with Crippen LogP contribution in [-0.4, -0.2) is 47.4 Å². The molecular formula is C70H137NO5. The third kappa shape index (κ3) is 61.8. The van der Waals surface area contributed by atoms with E-state index < -0.39 is 12.1 Å². The fourth-order valence-corrected chi connectivity index (χ4v) is 11.2. The van der Waals surface area contributed by atoms with Gasteiger partial charge in [0.25, 0.3) is 0 Å². The maximum atomic E-state index is 12.5. The summed E-state index contributed by atoms with van der Waals surface area (Å²) < 4.78 is 5.48. The Morgan fingerprint density at radius 2 is 0.618 bits per heavy atom. The van der Waals surface area contributed by atoms with E-state index in [4.69, 9.17) is 4.74 Å². The van der Waals surface area contributed by atoms with Crippen LogP contribution >= 0.6 is 0 Å². The highest BCUT2D eigenvalue weighted by atomic mass is 16.5. The van der Waals surface area contributed by atoms with Gasteiger partial charge in [-0.25, -0.2) is 0 Å². The van der Waals surface area contributed by atoms with E-state index in [0.29, 0.717) is 25.9 Å². The summed E-state index contributed by atoms with van der Waals surface area (Å²) in [5.74, 6) is -0.0148. The summed E-state index contributed by atoms with van der Waals surface area (Å²) in [5.41, 5.74) is 0. The zero-order valence-corrected chi connectivity index (χ0v) is 51.8. The fraction of sp³-hybridized carbons (Fsp3) is 0.943. The van der Waals surface area contributed by atoms with Gasteiger partial charge in [0, 0.05) is 12.8 Å². The van der Waals surface area contributed by atoms with E-state index in [2.05, 4.69) is 31.3 Å². The molecule has 1 amide bonds. The van der Waals surface area contributed by atoms with Crippen molar-refractivity contribution in [3.8, 4) is 0 Å². The van der Waals surface area contributed by atoms with Crippen molar-refractivity contribution in [2.24, 2.45) is 0 Å². The van der Waals surface area contributed by atoms with Gasteiger partial charge in [-0.05, 0) is 51.4 Å². The summed E-state index contributed by atoms with van der Waals surface area (Å²) in [6.07, 6.45) is 81.4. The van der Waals surface area contributed by atoms with Crippen molar-refractivity contribution in [1.82, 2.24) is 5.32 Å². The number of aliphatic hydroxyl groups is 2. The lowest BCUT2D eigenvalue weighted by Crippen LogP contribution is -2.45. The third-order valence-electron chi connectivity index (χ3n) is 16.6. The summed E-state index contributed by atoms with van der Waals surface area (Å²) >= 11 is 0. The number of rotatable bonds is 66. The standard InChI is InChI=1S/C70H137NO5/c1-3-5-7-9-11-13-15-42-46-50-54-58-62-68(73)67(66-72)71-69(74)63-59-55-51-47-43-40-38-36-34-32-30-28-26-24-22-20-18-17-19-21-23-25-27-29-31-33-35-37-39-41-45-49-53-57-61-65-76-70(75)64-60-56-52-48-44-16-14-12-10-8-6-4-2/h12,14,67-68,72-73H,3-11,13,15-66H2,1-2H3,(H,71,74)/b14-12-. The number of aliphatic hydroxyl groups excluding tert-OH is 2. The Labute approximate surface area is 476 Å². The van der Waals surface area contributed by atoms with Crippen LogP contribution in [0.4, 0.5) is 0 Å². The Kier molecular flexibility index (Phi) is 64.9. The molecule has 0 aliphatic carbocycles. The minimum Gasteiger partial charge on any atom is -0.466 e. The van der Waals surface area contributed by atoms with Gasteiger partial charge >= 0.3 is 5.97 Å². The van der Waals surface area contributed by atoms with Crippen LogP contribution in [0, 0.1) is 0 Å². The number of hydrogen-bond acceptors (Lipinski definition) is 5. The average Bonchev–Trinajstić information content (AvgIpc) is 3.42. The van der Waals surface area contributed by atoms with E-state index in [1.54, 1.807) is 0 Å². The molecule has 452 valence electrons. The Balaban J connectivity index is 3.28. The first kappa shape index (κ1) is 74.6. The van der Waals surface area contributed by atoms with Gasteiger partial charge in [0.1, 0.15) is 0 Å². The molecule has 0 aliphatic heterocycles. The number of esters is 1. The molecule has 0 aromatic heterocycles. The van der Waals surface area contributed by atoms with Gasteiger partial charge in [-0.15, -0.1) is 0 Å². The second-order valence-corrected chi connectivity index (χ2v) is 24.2. The number of carbonyl (C=O) groups excluding carboxylic acids is 2. The molecule has 0 saturated heterocycles. The molecule has 76 heavy (non-hydrogen) atoms. The first-order valence-corrected chi connectivity index (χ1v) is 34.9. The van der Waals surface area contributed by atoms with E-state index in [-0.39, 0.29) is 18.5 Å². The van der Waals surface area contributed by atoms with Crippen LogP contribution in [0.3, 0.4) is 0 Å². The first-order valence-electron chi connectivity index (χ1n) is 34.9. The van der Waals surface area contributed by atoms with E-state index in [9.17, 15) is 19.8 Å². The Hall–Kier alpha value is -1.40. The van der Waals surface area contributed by atoms with Crippen molar-refractivity contribution >= 4 is 11.9 Å². The van der Waals surface area contributed by atoms with Crippen molar-refractivity contribution in [2.45, 2.75) is 411 Å². The maximum Gasteiger partial charge on any atom is 0.305 e. The van der Waals surface area contributed by atoms with Gasteiger partial charge in [-0.3, -0.25) is 9.59 Å². The zero-order chi connectivity index (χ0) is 55.0. The topological polar surface area (TPSA) is 95.9 Å². The van der Waals surface area contributed by atoms with Crippen LogP contribution in [0.5, 0.6) is 0 Å². The molecule has 6 nitrogen and oxygen atoms in total. The third-order valence-corrected chi connectivity index (χ3v) is 16.6. The maximum absolute atomic E-state index is 12.5. The van der Waals surface area contributed by atoms with Gasteiger partial charge in [0.15, 0.2) is 0 Å². The van der Waals surface area contributed by atoms with Crippen LogP contribution in [0.1, 0.15) is 399 Å². The molecule has 0 bridgehead atoms. The van der Waals surface area contributed by atoms with Gasteiger partial charge in [-0.2, -0.15) is 0 Å². The highest BCUT2D eigenvalue weighted by molar-refractivity contribution is 5.76. The van der Waals surface area contributed by atoms with Gasteiger partial charge in [-0.1, -0.05) is 347 Å². The van der Waals surface area contributed by atoms with Crippen molar-refractivity contribution in [3.05, 3.63) is 12.2 Å². The minimum absolute atomic E-state index is 0.0130. The molecule has 0 aromatic carbocycles. The molecule has 0 spiro atoms. The quantitative estimate of drug-likeness (QED) is 0.0320. The summed E-state index contributed by atoms with van der Waals surface area (Å²) in [6.45, 7) is 4.95. The van der Waals surface area contributed by atoms with Gasteiger partial charge < -0.3 is 20.3 Å². The summed E-state index contributed by atoms with van der Waals surface area (Å²) in [5, 5.41) is 23.3. The van der Waals surface area contributed by atoms with Crippen LogP contribution in [0.15, 0.2) is 12.2 Å². The predicted molar refractivity (Wildman–Crippen MR) is 333 cm³/mol. The predicted octanol–water partition coefficient (Wildman–Crippen LogP) is 22.4. The number of ether oxygens (including phenoxy) is 1. The minimum atomic E-state index is -0.658. The first-order chi connectivity index (χ1) is 37.5. The zero-order valence-electron chi connectivity index (χ0n) is 51.8. The molecule has 0 aromatic rings. The molecule has 2 unspecified atom stereocenters. The van der Waals surface area contributed by atoms with Crippen LogP contribution < -0.4 is 5.32 Å². The largest absolute Gasteiger partial charge is 0.466 e. The SMILES string of the molecule is CCCCC/C=C\CCCCCCCC(=O)OCCCCCCCCCCCCCCCCCCCCCCCCCCCCCCCCCCCCCC(=O)NC(CO)C(O)CCCCCCCCCCCCCC. The Morgan fingerprint density at radius 3 is 0.961 bits per heavy atom. The van der Waals surface area contributed by atoms with E-state index in [0.717, 1.165) is 44.9 Å². The van der Waals surface area contributed by atoms with Gasteiger partial charge in [0.05, 0.1) is 25.4 Å². The Morgan fingerprint density at radius 1 is 0.355 bits per heavy atom. The van der Waals surface area contributed by atoms with E-state index in [1.807, 2.05) is 0 Å². The lowest BCUT2D eigenvalue weighted by atomic mass is 10.0. The number of nitrogens with one attached hydrogen (secondary N) is 1. The smallest absolute Gasteiger partial charge is 0.305 e. The molecule has 0 saturated carbocycles. The second kappa shape index (κ2) is 66.1. The Bertz CT molecular complexity index is 1140. The number of hydrogen-bond donors (Lipinski definition) is 3. The number of allylic oxidation sites excluding steroid dienone is 2.